The Kier molecular flexibility index (Phi) is 7.07. The first-order valence-electron chi connectivity index (χ1n) is 10.2. The highest BCUT2D eigenvalue weighted by Crippen LogP contribution is 2.36. The molecule has 0 spiro atoms. The first-order chi connectivity index (χ1) is 14.4. The van der Waals surface area contributed by atoms with Crippen molar-refractivity contribution >= 4 is 23.2 Å². The lowest BCUT2D eigenvalue weighted by atomic mass is 10.1. The second kappa shape index (κ2) is 9.73. The molecule has 1 aliphatic rings. The van der Waals surface area contributed by atoms with Crippen molar-refractivity contribution in [2.24, 2.45) is 0 Å². The summed E-state index contributed by atoms with van der Waals surface area (Å²) in [7, 11) is 0. The zero-order chi connectivity index (χ0) is 21.6. The van der Waals surface area contributed by atoms with Crippen LogP contribution in [-0.4, -0.2) is 22.2 Å². The van der Waals surface area contributed by atoms with E-state index in [1.165, 1.54) is 12.4 Å². The highest BCUT2D eigenvalue weighted by Gasteiger charge is 2.35. The Labute approximate surface area is 174 Å². The van der Waals surface area contributed by atoms with Crippen molar-refractivity contribution in [1.29, 1.82) is 5.41 Å². The Morgan fingerprint density at radius 3 is 2.63 bits per heavy atom. The first-order valence-corrected chi connectivity index (χ1v) is 10.2. The zero-order valence-corrected chi connectivity index (χ0v) is 16.9. The molecule has 2 aromatic rings. The van der Waals surface area contributed by atoms with E-state index in [9.17, 15) is 13.2 Å². The number of nitrogens with zero attached hydrogens (tertiary/aromatic N) is 2. The second-order valence-corrected chi connectivity index (χ2v) is 7.42. The molecule has 3 N–H and O–H groups in total. The molecule has 160 valence electrons. The molecule has 0 amide bonds. The number of hydrogen-bond donors (Lipinski definition) is 3. The van der Waals surface area contributed by atoms with Crippen molar-refractivity contribution in [3.8, 4) is 0 Å². The molecule has 30 heavy (non-hydrogen) atoms. The molecular formula is C22H26F3N5. The Balaban J connectivity index is 1.87. The lowest BCUT2D eigenvalue weighted by molar-refractivity contribution is -0.138. The van der Waals surface area contributed by atoms with Crippen molar-refractivity contribution in [2.45, 2.75) is 57.7 Å². The molecule has 1 aliphatic carbocycles. The van der Waals surface area contributed by atoms with E-state index in [1.807, 2.05) is 13.0 Å². The number of aryl methyl sites for hydroxylation is 1. The zero-order valence-electron chi connectivity index (χ0n) is 16.9. The number of alkyl halides is 3. The SMILES string of the molecule is CCCc1cc(N/C=C(\C=N)c2ncc(NC3CCCC3)cc2C(F)(F)F)ccn1. The number of anilines is 2. The van der Waals surface area contributed by atoms with E-state index in [2.05, 4.69) is 20.6 Å². The van der Waals surface area contributed by atoms with Gasteiger partial charge in [-0.2, -0.15) is 13.2 Å². The van der Waals surface area contributed by atoms with Crippen LogP contribution >= 0.6 is 0 Å². The van der Waals surface area contributed by atoms with Crippen molar-refractivity contribution in [3.05, 3.63) is 53.7 Å². The molecule has 0 unspecified atom stereocenters. The minimum absolute atomic E-state index is 0.0450. The summed E-state index contributed by atoms with van der Waals surface area (Å²) in [6, 6.07) is 4.84. The fourth-order valence-electron chi connectivity index (χ4n) is 3.60. The number of pyridine rings is 2. The third-order valence-electron chi connectivity index (χ3n) is 5.07. The van der Waals surface area contributed by atoms with Gasteiger partial charge in [-0.15, -0.1) is 0 Å². The summed E-state index contributed by atoms with van der Waals surface area (Å²) in [4.78, 5) is 8.32. The number of aromatic nitrogens is 2. The van der Waals surface area contributed by atoms with Crippen molar-refractivity contribution in [1.82, 2.24) is 9.97 Å². The van der Waals surface area contributed by atoms with Gasteiger partial charge in [0.05, 0.1) is 23.1 Å². The lowest BCUT2D eigenvalue weighted by Gasteiger charge is -2.17. The van der Waals surface area contributed by atoms with Crippen LogP contribution in [-0.2, 0) is 12.6 Å². The standard InChI is InChI=1S/C22H26F3N5/c1-2-5-17-10-18(8-9-27-17)28-13-15(12-26)21-20(22(23,24)25)11-19(14-29-21)30-16-6-3-4-7-16/h8-14,16,26,30H,2-7H2,1H3,(H,27,28)/b15-13+,26-12?. The minimum Gasteiger partial charge on any atom is -0.381 e. The summed E-state index contributed by atoms with van der Waals surface area (Å²) < 4.78 is 41.2. The van der Waals surface area contributed by atoms with Gasteiger partial charge in [0.15, 0.2) is 0 Å². The molecular weight excluding hydrogens is 391 g/mol. The maximum atomic E-state index is 13.7. The molecule has 3 rings (SSSR count). The summed E-state index contributed by atoms with van der Waals surface area (Å²) in [5, 5.41) is 13.8. The average molecular weight is 417 g/mol. The van der Waals surface area contributed by atoms with Gasteiger partial charge in [-0.1, -0.05) is 26.2 Å². The van der Waals surface area contributed by atoms with Crippen LogP contribution in [0.5, 0.6) is 0 Å². The Morgan fingerprint density at radius 1 is 1.20 bits per heavy atom. The summed E-state index contributed by atoms with van der Waals surface area (Å²) in [6.07, 6.45) is 6.54. The molecule has 0 atom stereocenters. The largest absolute Gasteiger partial charge is 0.418 e. The fourth-order valence-corrected chi connectivity index (χ4v) is 3.60. The van der Waals surface area contributed by atoms with Crippen LogP contribution in [0.2, 0.25) is 0 Å². The summed E-state index contributed by atoms with van der Waals surface area (Å²) in [5.41, 5.74) is 0.857. The summed E-state index contributed by atoms with van der Waals surface area (Å²) in [5.74, 6) is 0. The van der Waals surface area contributed by atoms with E-state index >= 15 is 0 Å². The van der Waals surface area contributed by atoms with E-state index in [0.717, 1.165) is 56.5 Å². The maximum Gasteiger partial charge on any atom is 0.418 e. The predicted octanol–water partition coefficient (Wildman–Crippen LogP) is 5.90. The molecule has 5 nitrogen and oxygen atoms in total. The van der Waals surface area contributed by atoms with E-state index in [0.29, 0.717) is 11.4 Å². The van der Waals surface area contributed by atoms with Crippen molar-refractivity contribution < 1.29 is 13.2 Å². The van der Waals surface area contributed by atoms with E-state index in [-0.39, 0.29) is 17.3 Å². The fraction of sp³-hybridized carbons (Fsp3) is 0.409. The number of nitrogens with one attached hydrogen (secondary N) is 3. The van der Waals surface area contributed by atoms with Gasteiger partial charge in [-0.05, 0) is 37.5 Å². The monoisotopic (exact) mass is 417 g/mol. The summed E-state index contributed by atoms with van der Waals surface area (Å²) >= 11 is 0. The Bertz CT molecular complexity index is 902. The number of hydrogen-bond acceptors (Lipinski definition) is 5. The van der Waals surface area contributed by atoms with Gasteiger partial charge in [0.1, 0.15) is 0 Å². The molecule has 0 aromatic carbocycles. The van der Waals surface area contributed by atoms with Gasteiger partial charge in [-0.3, -0.25) is 9.97 Å². The van der Waals surface area contributed by atoms with Crippen LogP contribution in [0.4, 0.5) is 24.5 Å². The van der Waals surface area contributed by atoms with Crippen molar-refractivity contribution in [2.75, 3.05) is 10.6 Å². The van der Waals surface area contributed by atoms with Gasteiger partial charge < -0.3 is 16.0 Å². The first kappa shape index (κ1) is 21.8. The highest BCUT2D eigenvalue weighted by molar-refractivity contribution is 6.08. The van der Waals surface area contributed by atoms with Crippen LogP contribution in [0.3, 0.4) is 0 Å². The molecule has 0 bridgehead atoms. The normalized spacial score (nSPS) is 15.3. The smallest absolute Gasteiger partial charge is 0.381 e. The van der Waals surface area contributed by atoms with Gasteiger partial charge in [-0.25, -0.2) is 0 Å². The molecule has 8 heteroatoms. The number of allylic oxidation sites excluding steroid dienone is 1. The van der Waals surface area contributed by atoms with Gasteiger partial charge >= 0.3 is 6.18 Å². The maximum absolute atomic E-state index is 13.7. The van der Waals surface area contributed by atoms with Crippen LogP contribution in [0.1, 0.15) is 56.0 Å². The predicted molar refractivity (Wildman–Crippen MR) is 114 cm³/mol. The molecule has 0 saturated heterocycles. The highest BCUT2D eigenvalue weighted by atomic mass is 19.4. The lowest BCUT2D eigenvalue weighted by Crippen LogP contribution is -2.17. The summed E-state index contributed by atoms with van der Waals surface area (Å²) in [6.45, 7) is 2.05. The van der Waals surface area contributed by atoms with E-state index in [1.54, 1.807) is 12.3 Å². The third-order valence-corrected chi connectivity index (χ3v) is 5.07. The number of halogens is 3. The molecule has 1 saturated carbocycles. The van der Waals surface area contributed by atoms with Gasteiger partial charge in [0.2, 0.25) is 0 Å². The average Bonchev–Trinajstić information content (AvgIpc) is 3.22. The molecule has 0 radical (unpaired) electrons. The van der Waals surface area contributed by atoms with Crippen molar-refractivity contribution in [3.63, 3.8) is 0 Å². The van der Waals surface area contributed by atoms with Crippen LogP contribution in [0, 0.1) is 5.41 Å². The van der Waals surface area contributed by atoms with Crippen LogP contribution < -0.4 is 10.6 Å². The minimum atomic E-state index is -4.58. The Hall–Kier alpha value is -2.90. The second-order valence-electron chi connectivity index (χ2n) is 7.42. The van der Waals surface area contributed by atoms with E-state index in [4.69, 9.17) is 5.41 Å². The Morgan fingerprint density at radius 2 is 1.97 bits per heavy atom. The van der Waals surface area contributed by atoms with Gasteiger partial charge in [0.25, 0.3) is 0 Å². The molecule has 2 aromatic heterocycles. The van der Waals surface area contributed by atoms with Gasteiger partial charge in [0, 0.05) is 41.6 Å². The third kappa shape index (κ3) is 5.58. The van der Waals surface area contributed by atoms with E-state index < -0.39 is 11.7 Å². The van der Waals surface area contributed by atoms with Crippen LogP contribution in [0.15, 0.2) is 36.8 Å². The quantitative estimate of drug-likeness (QED) is 0.467. The topological polar surface area (TPSA) is 73.7 Å². The molecule has 1 fully saturated rings. The molecule has 2 heterocycles. The molecule has 0 aliphatic heterocycles. The number of rotatable bonds is 8. The van der Waals surface area contributed by atoms with Crippen LogP contribution in [0.25, 0.3) is 5.57 Å².